The van der Waals surface area contributed by atoms with Crippen LogP contribution in [0.1, 0.15) is 30.0 Å². The number of nitrogens with two attached hydrogens (primary N) is 2. The molecule has 0 aliphatic carbocycles. The molecule has 0 amide bonds. The molecule has 0 fully saturated rings. The van der Waals surface area contributed by atoms with Gasteiger partial charge in [-0.2, -0.15) is 5.10 Å². The smallest absolute Gasteiger partial charge is 0.219 e. The van der Waals surface area contributed by atoms with Gasteiger partial charge in [-0.25, -0.2) is 29.0 Å². The Morgan fingerprint density at radius 2 is 1.82 bits per heavy atom. The van der Waals surface area contributed by atoms with Crippen LogP contribution in [0.2, 0.25) is 0 Å². The van der Waals surface area contributed by atoms with Gasteiger partial charge in [0.05, 0.1) is 11.3 Å². The number of aldehydes is 1. The van der Waals surface area contributed by atoms with Crippen LogP contribution in [0.4, 0.5) is 16.2 Å². The first-order chi connectivity index (χ1) is 18.5. The summed E-state index contributed by atoms with van der Waals surface area (Å²) in [5, 5.41) is 5.32. The van der Waals surface area contributed by atoms with Crippen molar-refractivity contribution in [1.29, 1.82) is 0 Å². The number of aromatic nitrogens is 6. The molecule has 4 N–H and O–H groups in total. The minimum absolute atomic E-state index is 0.120. The molecule has 0 saturated heterocycles. The van der Waals surface area contributed by atoms with Crippen LogP contribution in [0.5, 0.6) is 5.75 Å². The summed E-state index contributed by atoms with van der Waals surface area (Å²) in [5.74, 6) is 0.179. The van der Waals surface area contributed by atoms with E-state index in [2.05, 4.69) is 19.9 Å². The number of ether oxygens (including phenoxy) is 1. The summed E-state index contributed by atoms with van der Waals surface area (Å²) in [6.07, 6.45) is 5.27. The molecule has 11 heteroatoms. The van der Waals surface area contributed by atoms with E-state index in [1.807, 2.05) is 25.1 Å². The van der Waals surface area contributed by atoms with Gasteiger partial charge in [0, 0.05) is 29.1 Å². The third-order valence-electron chi connectivity index (χ3n) is 6.53. The number of hydrogen-bond acceptors (Lipinski definition) is 9. The number of carbonyl (C=O) groups is 1. The third-order valence-corrected chi connectivity index (χ3v) is 6.53. The molecule has 2 aromatic carbocycles. The largest absolute Gasteiger partial charge is 0.459 e. The lowest BCUT2D eigenvalue weighted by molar-refractivity contribution is -0.108. The first-order valence-electron chi connectivity index (χ1n) is 11.7. The van der Waals surface area contributed by atoms with Crippen molar-refractivity contribution in [2.24, 2.45) is 0 Å². The third kappa shape index (κ3) is 3.72. The molecule has 38 heavy (non-hydrogen) atoms. The number of anilines is 2. The second-order valence-electron chi connectivity index (χ2n) is 8.80. The summed E-state index contributed by atoms with van der Waals surface area (Å²) in [7, 11) is 0. The van der Waals surface area contributed by atoms with Gasteiger partial charge in [-0.3, -0.25) is 0 Å². The SMILES string of the molecule is CC(C1=C(c2cccc(F)c2)C(C=O)c2ccccc2O1)n1nc(-c2cnc(N)nc2)c2c(N)ncnc21. The highest BCUT2D eigenvalue weighted by Gasteiger charge is 2.35. The Labute approximate surface area is 215 Å². The average Bonchev–Trinajstić information content (AvgIpc) is 3.33. The highest BCUT2D eigenvalue weighted by atomic mass is 19.1. The summed E-state index contributed by atoms with van der Waals surface area (Å²) in [4.78, 5) is 29.2. The van der Waals surface area contributed by atoms with Crippen LogP contribution in [0.25, 0.3) is 27.9 Å². The number of para-hydroxylation sites is 1. The van der Waals surface area contributed by atoms with E-state index in [0.29, 0.717) is 50.5 Å². The molecule has 0 radical (unpaired) electrons. The van der Waals surface area contributed by atoms with Gasteiger partial charge in [-0.05, 0) is 30.7 Å². The highest BCUT2D eigenvalue weighted by Crippen LogP contribution is 2.46. The Morgan fingerprint density at radius 3 is 2.58 bits per heavy atom. The number of hydrogen-bond donors (Lipinski definition) is 2. The Balaban J connectivity index is 1.60. The molecule has 0 bridgehead atoms. The van der Waals surface area contributed by atoms with E-state index in [1.165, 1.54) is 18.5 Å². The first kappa shape index (κ1) is 23.2. The number of rotatable bonds is 5. The quantitative estimate of drug-likeness (QED) is 0.337. The van der Waals surface area contributed by atoms with Gasteiger partial charge in [0.2, 0.25) is 5.95 Å². The van der Waals surface area contributed by atoms with E-state index < -0.39 is 17.8 Å². The van der Waals surface area contributed by atoms with Crippen LogP contribution < -0.4 is 16.2 Å². The van der Waals surface area contributed by atoms with Crippen molar-refractivity contribution < 1.29 is 13.9 Å². The summed E-state index contributed by atoms with van der Waals surface area (Å²) in [6, 6.07) is 12.8. The Morgan fingerprint density at radius 1 is 1.03 bits per heavy atom. The van der Waals surface area contributed by atoms with Gasteiger partial charge in [-0.15, -0.1) is 0 Å². The number of benzene rings is 2. The number of carbonyl (C=O) groups excluding carboxylic acids is 1. The van der Waals surface area contributed by atoms with Crippen LogP contribution in [-0.4, -0.2) is 36.0 Å². The molecule has 5 aromatic rings. The summed E-state index contributed by atoms with van der Waals surface area (Å²) < 4.78 is 22.4. The van der Waals surface area contributed by atoms with E-state index in [-0.39, 0.29) is 11.8 Å². The molecular formula is C27H21FN8O2. The molecule has 4 heterocycles. The topological polar surface area (TPSA) is 148 Å². The lowest BCUT2D eigenvalue weighted by Crippen LogP contribution is -2.23. The molecule has 0 saturated carbocycles. The van der Waals surface area contributed by atoms with Crippen LogP contribution >= 0.6 is 0 Å². The monoisotopic (exact) mass is 508 g/mol. The predicted molar refractivity (Wildman–Crippen MR) is 139 cm³/mol. The minimum atomic E-state index is -0.689. The predicted octanol–water partition coefficient (Wildman–Crippen LogP) is 3.93. The number of nitrogens with zero attached hydrogens (tertiary/aromatic N) is 6. The summed E-state index contributed by atoms with van der Waals surface area (Å²) in [5.41, 5.74) is 15.1. The highest BCUT2D eigenvalue weighted by molar-refractivity contribution is 5.98. The molecule has 1 aliphatic rings. The van der Waals surface area contributed by atoms with Crippen molar-refractivity contribution in [3.05, 3.63) is 90.0 Å². The van der Waals surface area contributed by atoms with E-state index in [9.17, 15) is 9.18 Å². The maximum absolute atomic E-state index is 14.4. The molecule has 188 valence electrons. The number of allylic oxidation sites excluding steroid dienone is 2. The normalized spacial score (nSPS) is 15.7. The van der Waals surface area contributed by atoms with E-state index >= 15 is 0 Å². The van der Waals surface area contributed by atoms with Crippen molar-refractivity contribution in [1.82, 2.24) is 29.7 Å². The van der Waals surface area contributed by atoms with E-state index in [4.69, 9.17) is 21.3 Å². The lowest BCUT2D eigenvalue weighted by Gasteiger charge is -2.31. The molecule has 1 aliphatic heterocycles. The molecule has 10 nitrogen and oxygen atoms in total. The second kappa shape index (κ2) is 9.04. The minimum Gasteiger partial charge on any atom is -0.459 e. The molecule has 0 spiro atoms. The molecule has 6 rings (SSSR count). The van der Waals surface area contributed by atoms with Crippen molar-refractivity contribution in [2.75, 3.05) is 11.5 Å². The van der Waals surface area contributed by atoms with Crippen LogP contribution in [0.15, 0.2) is 73.0 Å². The van der Waals surface area contributed by atoms with Gasteiger partial charge in [0.15, 0.2) is 5.65 Å². The zero-order chi connectivity index (χ0) is 26.4. The standard InChI is InChI=1S/C27H21FN8O2/c1-14(36-26-22(25(29)33-13-34-26)23(35-36)16-10-31-27(30)32-11-16)24-21(15-5-4-6-17(28)9-15)19(12-37)18-7-2-3-8-20(18)38-24/h2-14,19H,1H3,(H2,29,33,34)(H2,30,31,32). The first-order valence-corrected chi connectivity index (χ1v) is 11.7. The Hall–Kier alpha value is -5.19. The summed E-state index contributed by atoms with van der Waals surface area (Å²) in [6.45, 7) is 1.86. The molecule has 2 unspecified atom stereocenters. The van der Waals surface area contributed by atoms with Crippen molar-refractivity contribution >= 4 is 34.7 Å². The van der Waals surface area contributed by atoms with Crippen molar-refractivity contribution in [3.63, 3.8) is 0 Å². The van der Waals surface area contributed by atoms with Gasteiger partial charge in [0.1, 0.15) is 47.5 Å². The fourth-order valence-corrected chi connectivity index (χ4v) is 4.78. The number of nitrogen functional groups attached to an aromatic ring is 2. The van der Waals surface area contributed by atoms with E-state index in [1.54, 1.807) is 35.3 Å². The van der Waals surface area contributed by atoms with Crippen molar-refractivity contribution in [3.8, 4) is 17.0 Å². The van der Waals surface area contributed by atoms with Crippen LogP contribution in [0.3, 0.4) is 0 Å². The maximum Gasteiger partial charge on any atom is 0.219 e. The van der Waals surface area contributed by atoms with Crippen LogP contribution in [-0.2, 0) is 4.79 Å². The van der Waals surface area contributed by atoms with Gasteiger partial charge < -0.3 is 21.0 Å². The zero-order valence-electron chi connectivity index (χ0n) is 20.1. The van der Waals surface area contributed by atoms with Gasteiger partial charge >= 0.3 is 0 Å². The summed E-state index contributed by atoms with van der Waals surface area (Å²) >= 11 is 0. The van der Waals surface area contributed by atoms with Gasteiger partial charge in [0.25, 0.3) is 0 Å². The second-order valence-corrected chi connectivity index (χ2v) is 8.80. The molecule has 2 atom stereocenters. The molecule has 3 aromatic heterocycles. The van der Waals surface area contributed by atoms with E-state index in [0.717, 1.165) is 6.29 Å². The fraction of sp³-hybridized carbons (Fsp3) is 0.111. The molecular weight excluding hydrogens is 487 g/mol. The maximum atomic E-state index is 14.4. The zero-order valence-corrected chi connectivity index (χ0v) is 20.1. The lowest BCUT2D eigenvalue weighted by atomic mass is 9.83. The van der Waals surface area contributed by atoms with Crippen molar-refractivity contribution in [2.45, 2.75) is 18.9 Å². The number of fused-ring (bicyclic) bond motifs is 2. The van der Waals surface area contributed by atoms with Gasteiger partial charge in [-0.1, -0.05) is 30.3 Å². The Bertz CT molecular complexity index is 1730. The average molecular weight is 509 g/mol. The van der Waals surface area contributed by atoms with Crippen LogP contribution in [0, 0.1) is 5.82 Å². The fourth-order valence-electron chi connectivity index (χ4n) is 4.78. The Kier molecular flexibility index (Phi) is 5.52. The number of halogens is 1.